The van der Waals surface area contributed by atoms with E-state index >= 15 is 0 Å². The first kappa shape index (κ1) is 16.9. The topological polar surface area (TPSA) is 35.0 Å². The molecule has 0 unspecified atom stereocenters. The monoisotopic (exact) mass is 370 g/mol. The van der Waals surface area contributed by atoms with Crippen LogP contribution in [0, 0.1) is 12.8 Å². The van der Waals surface area contributed by atoms with Gasteiger partial charge in [-0.2, -0.15) is 0 Å². The number of fused-ring (bicyclic) bond motifs is 3. The van der Waals surface area contributed by atoms with Gasteiger partial charge in [-0.3, -0.25) is 0 Å². The summed E-state index contributed by atoms with van der Waals surface area (Å²) in [5.74, 6) is 2.61. The third-order valence-electron chi connectivity index (χ3n) is 4.64. The second kappa shape index (κ2) is 7.34. The van der Waals surface area contributed by atoms with Crippen LogP contribution < -0.4 is 4.74 Å². The molecule has 0 fully saturated rings. The van der Waals surface area contributed by atoms with Crippen molar-refractivity contribution >= 4 is 33.3 Å². The highest BCUT2D eigenvalue weighted by Gasteiger charge is 2.23. The number of hydrogen-bond acceptors (Lipinski definition) is 5. The summed E-state index contributed by atoms with van der Waals surface area (Å²) in [6.07, 6.45) is 5.33. The van der Waals surface area contributed by atoms with E-state index in [0.717, 1.165) is 33.7 Å². The molecule has 0 bridgehead atoms. The van der Waals surface area contributed by atoms with Crippen LogP contribution in [0.25, 0.3) is 10.2 Å². The Labute approximate surface area is 156 Å². The van der Waals surface area contributed by atoms with Crippen LogP contribution in [0.15, 0.2) is 35.6 Å². The molecule has 2 aromatic heterocycles. The SMILES string of the molecule is Cc1cccc(OCCSc2ncnc3sc4c(c23)CC[C@@H](C)C4)c1. The maximum Gasteiger partial charge on any atom is 0.128 e. The van der Waals surface area contributed by atoms with Crippen LogP contribution >= 0.6 is 23.1 Å². The van der Waals surface area contributed by atoms with Gasteiger partial charge in [0.2, 0.25) is 0 Å². The fraction of sp³-hybridized carbons (Fsp3) is 0.400. The summed E-state index contributed by atoms with van der Waals surface area (Å²) in [6, 6.07) is 8.20. The van der Waals surface area contributed by atoms with Crippen LogP contribution in [0.4, 0.5) is 0 Å². The number of thioether (sulfide) groups is 1. The first-order valence-corrected chi connectivity index (χ1v) is 10.6. The Bertz CT molecular complexity index is 891. The van der Waals surface area contributed by atoms with Crippen molar-refractivity contribution in [2.75, 3.05) is 12.4 Å². The van der Waals surface area contributed by atoms with E-state index < -0.39 is 0 Å². The van der Waals surface area contributed by atoms with Gasteiger partial charge in [-0.1, -0.05) is 19.1 Å². The van der Waals surface area contributed by atoms with Crippen LogP contribution in [-0.2, 0) is 12.8 Å². The average Bonchev–Trinajstić information content (AvgIpc) is 2.97. The molecule has 4 rings (SSSR count). The molecule has 2 heterocycles. The van der Waals surface area contributed by atoms with E-state index in [1.54, 1.807) is 18.1 Å². The highest BCUT2D eigenvalue weighted by Crippen LogP contribution is 2.40. The number of aromatic nitrogens is 2. The molecule has 0 saturated carbocycles. The fourth-order valence-corrected chi connectivity index (χ4v) is 5.62. The van der Waals surface area contributed by atoms with E-state index in [4.69, 9.17) is 4.74 Å². The molecule has 1 atom stereocenters. The molecule has 0 aliphatic heterocycles. The molecule has 130 valence electrons. The standard InChI is InChI=1S/C20H22N2OS2/c1-13-4-3-5-15(10-13)23-8-9-24-19-18-16-7-6-14(2)11-17(16)25-20(18)22-12-21-19/h3-5,10,12,14H,6-9,11H2,1-2H3/t14-/m1/s1. The third kappa shape index (κ3) is 3.67. The number of rotatable bonds is 5. The van der Waals surface area contributed by atoms with Gasteiger partial charge >= 0.3 is 0 Å². The van der Waals surface area contributed by atoms with E-state index in [0.29, 0.717) is 6.61 Å². The summed E-state index contributed by atoms with van der Waals surface area (Å²) in [4.78, 5) is 11.8. The molecule has 0 amide bonds. The molecule has 1 aliphatic rings. The largest absolute Gasteiger partial charge is 0.493 e. The van der Waals surface area contributed by atoms with Crippen LogP contribution in [0.5, 0.6) is 5.75 Å². The maximum absolute atomic E-state index is 5.87. The molecule has 25 heavy (non-hydrogen) atoms. The van der Waals surface area contributed by atoms with E-state index in [1.165, 1.54) is 34.2 Å². The molecule has 5 heteroatoms. The van der Waals surface area contributed by atoms with Gasteiger partial charge in [0.1, 0.15) is 21.9 Å². The van der Waals surface area contributed by atoms with Gasteiger partial charge in [-0.05, 0) is 55.4 Å². The summed E-state index contributed by atoms with van der Waals surface area (Å²) in [6.45, 7) is 5.11. The maximum atomic E-state index is 5.87. The van der Waals surface area contributed by atoms with Crippen molar-refractivity contribution in [2.45, 2.75) is 38.1 Å². The Hall–Kier alpha value is -1.59. The minimum atomic E-state index is 0.684. The van der Waals surface area contributed by atoms with E-state index in [-0.39, 0.29) is 0 Å². The smallest absolute Gasteiger partial charge is 0.128 e. The van der Waals surface area contributed by atoms with E-state index in [9.17, 15) is 0 Å². The minimum absolute atomic E-state index is 0.684. The second-order valence-corrected chi connectivity index (χ2v) is 8.89. The number of ether oxygens (including phenoxy) is 1. The van der Waals surface area contributed by atoms with Crippen molar-refractivity contribution < 1.29 is 4.74 Å². The molecule has 0 N–H and O–H groups in total. The number of benzene rings is 1. The van der Waals surface area contributed by atoms with Crippen molar-refractivity contribution in [2.24, 2.45) is 5.92 Å². The zero-order chi connectivity index (χ0) is 17.2. The molecule has 0 saturated heterocycles. The Morgan fingerprint density at radius 3 is 3.12 bits per heavy atom. The fourth-order valence-electron chi connectivity index (χ4n) is 3.36. The number of nitrogens with zero attached hydrogens (tertiary/aromatic N) is 2. The molecular formula is C20H22N2OS2. The molecule has 3 aromatic rings. The first-order valence-electron chi connectivity index (χ1n) is 8.78. The Balaban J connectivity index is 1.46. The number of hydrogen-bond donors (Lipinski definition) is 0. The first-order chi connectivity index (χ1) is 12.2. The van der Waals surface area contributed by atoms with Crippen LogP contribution in [0.2, 0.25) is 0 Å². The summed E-state index contributed by atoms with van der Waals surface area (Å²) in [5.41, 5.74) is 2.72. The second-order valence-electron chi connectivity index (χ2n) is 6.72. The highest BCUT2D eigenvalue weighted by atomic mass is 32.2. The minimum Gasteiger partial charge on any atom is -0.493 e. The Morgan fingerprint density at radius 2 is 2.24 bits per heavy atom. The number of aryl methyl sites for hydroxylation is 2. The molecule has 3 nitrogen and oxygen atoms in total. The van der Waals surface area contributed by atoms with Crippen LogP contribution in [0.1, 0.15) is 29.3 Å². The summed E-state index contributed by atoms with van der Waals surface area (Å²) in [7, 11) is 0. The number of thiophene rings is 1. The van der Waals surface area contributed by atoms with Gasteiger partial charge in [-0.15, -0.1) is 23.1 Å². The van der Waals surface area contributed by atoms with Crippen molar-refractivity contribution in [3.8, 4) is 5.75 Å². The normalized spacial score (nSPS) is 16.8. The van der Waals surface area contributed by atoms with Crippen molar-refractivity contribution in [1.29, 1.82) is 0 Å². The van der Waals surface area contributed by atoms with Crippen LogP contribution in [-0.4, -0.2) is 22.3 Å². The lowest BCUT2D eigenvalue weighted by atomic mass is 9.89. The molecular weight excluding hydrogens is 348 g/mol. The predicted octanol–water partition coefficient (Wildman–Crippen LogP) is 5.30. The highest BCUT2D eigenvalue weighted by molar-refractivity contribution is 7.99. The lowest BCUT2D eigenvalue weighted by molar-refractivity contribution is 0.343. The molecule has 0 radical (unpaired) electrons. The lowest BCUT2D eigenvalue weighted by Gasteiger charge is -2.18. The van der Waals surface area contributed by atoms with Gasteiger partial charge in [0.05, 0.1) is 6.61 Å². The van der Waals surface area contributed by atoms with Crippen molar-refractivity contribution in [3.05, 3.63) is 46.6 Å². The third-order valence-corrected chi connectivity index (χ3v) is 6.75. The summed E-state index contributed by atoms with van der Waals surface area (Å²) in [5, 5.41) is 2.42. The van der Waals surface area contributed by atoms with Gasteiger partial charge in [0.15, 0.2) is 0 Å². The van der Waals surface area contributed by atoms with Crippen LogP contribution in [0.3, 0.4) is 0 Å². The van der Waals surface area contributed by atoms with Gasteiger partial charge in [0, 0.05) is 16.0 Å². The van der Waals surface area contributed by atoms with Gasteiger partial charge in [0.25, 0.3) is 0 Å². The zero-order valence-corrected chi connectivity index (χ0v) is 16.3. The van der Waals surface area contributed by atoms with Gasteiger partial charge in [-0.25, -0.2) is 9.97 Å². The predicted molar refractivity (Wildman–Crippen MR) is 106 cm³/mol. The van der Waals surface area contributed by atoms with Gasteiger partial charge < -0.3 is 4.74 Å². The lowest BCUT2D eigenvalue weighted by Crippen LogP contribution is -2.08. The zero-order valence-electron chi connectivity index (χ0n) is 14.6. The Kier molecular flexibility index (Phi) is 4.95. The quantitative estimate of drug-likeness (QED) is 0.347. The van der Waals surface area contributed by atoms with Crippen molar-refractivity contribution in [1.82, 2.24) is 9.97 Å². The Morgan fingerprint density at radius 1 is 1.32 bits per heavy atom. The average molecular weight is 371 g/mol. The molecule has 1 aliphatic carbocycles. The summed E-state index contributed by atoms with van der Waals surface area (Å²) >= 11 is 3.64. The van der Waals surface area contributed by atoms with E-state index in [2.05, 4.69) is 35.9 Å². The van der Waals surface area contributed by atoms with E-state index in [1.807, 2.05) is 23.5 Å². The van der Waals surface area contributed by atoms with Crippen molar-refractivity contribution in [3.63, 3.8) is 0 Å². The molecule has 0 spiro atoms. The molecule has 1 aromatic carbocycles. The summed E-state index contributed by atoms with van der Waals surface area (Å²) < 4.78 is 5.87.